The van der Waals surface area contributed by atoms with Crippen LogP contribution in [0.4, 0.5) is 0 Å². The maximum atomic E-state index is 12.0. The van der Waals surface area contributed by atoms with Crippen LogP contribution in [0.15, 0.2) is 18.7 Å². The summed E-state index contributed by atoms with van der Waals surface area (Å²) >= 11 is 0. The van der Waals surface area contributed by atoms with Crippen molar-refractivity contribution >= 4 is 5.91 Å². The second kappa shape index (κ2) is 5.31. The number of hydrogen-bond acceptors (Lipinski definition) is 3. The molecule has 0 saturated carbocycles. The summed E-state index contributed by atoms with van der Waals surface area (Å²) < 4.78 is 1.97. The third kappa shape index (κ3) is 3.06. The van der Waals surface area contributed by atoms with Gasteiger partial charge in [0.05, 0.1) is 12.2 Å². The van der Waals surface area contributed by atoms with Crippen LogP contribution in [-0.4, -0.2) is 34.6 Å². The Bertz CT molecular complexity index is 363. The second-order valence-electron chi connectivity index (χ2n) is 4.91. The van der Waals surface area contributed by atoms with E-state index in [1.54, 1.807) is 12.5 Å². The van der Waals surface area contributed by atoms with Crippen LogP contribution < -0.4 is 10.6 Å². The molecule has 1 fully saturated rings. The van der Waals surface area contributed by atoms with Crippen LogP contribution in [0.25, 0.3) is 0 Å². The van der Waals surface area contributed by atoms with E-state index in [9.17, 15) is 4.79 Å². The van der Waals surface area contributed by atoms with Gasteiger partial charge in [-0.25, -0.2) is 4.98 Å². The second-order valence-corrected chi connectivity index (χ2v) is 4.91. The third-order valence-corrected chi connectivity index (χ3v) is 3.29. The molecule has 2 rings (SSSR count). The minimum Gasteiger partial charge on any atom is -0.352 e. The van der Waals surface area contributed by atoms with Crippen molar-refractivity contribution in [3.63, 3.8) is 0 Å². The molecule has 5 heteroatoms. The Hall–Kier alpha value is -1.36. The van der Waals surface area contributed by atoms with E-state index in [-0.39, 0.29) is 17.9 Å². The molecule has 2 N–H and O–H groups in total. The summed E-state index contributed by atoms with van der Waals surface area (Å²) in [7, 11) is 0. The first-order valence-corrected chi connectivity index (χ1v) is 6.13. The highest BCUT2D eigenvalue weighted by molar-refractivity contribution is 5.79. The van der Waals surface area contributed by atoms with E-state index in [0.717, 1.165) is 19.6 Å². The molecule has 0 radical (unpaired) electrons. The SMILES string of the molecule is CC(Cn1ccnc1)NC(=O)[C@@H]1CNC[C@H]1C. The molecule has 0 bridgehead atoms. The van der Waals surface area contributed by atoms with Gasteiger partial charge in [-0.2, -0.15) is 0 Å². The summed E-state index contributed by atoms with van der Waals surface area (Å²) in [6, 6.07) is 0.129. The summed E-state index contributed by atoms with van der Waals surface area (Å²) in [6.07, 6.45) is 5.42. The molecule has 0 spiro atoms. The van der Waals surface area contributed by atoms with E-state index in [0.29, 0.717) is 5.92 Å². The lowest BCUT2D eigenvalue weighted by Crippen LogP contribution is -2.41. The van der Waals surface area contributed by atoms with E-state index < -0.39 is 0 Å². The standard InChI is InChI=1S/C12H20N4O/c1-9-5-14-6-11(9)12(17)15-10(2)7-16-4-3-13-8-16/h3-4,8-11,14H,5-7H2,1-2H3,(H,15,17)/t9-,10?,11-/m1/s1. The van der Waals surface area contributed by atoms with Crippen molar-refractivity contribution in [3.05, 3.63) is 18.7 Å². The molecule has 3 atom stereocenters. The fourth-order valence-corrected chi connectivity index (χ4v) is 2.27. The first kappa shape index (κ1) is 12.1. The molecular formula is C12H20N4O. The van der Waals surface area contributed by atoms with E-state index in [1.807, 2.05) is 17.7 Å². The molecule has 0 aromatic carbocycles. The summed E-state index contributed by atoms with van der Waals surface area (Å²) in [4.78, 5) is 16.0. The molecule has 5 nitrogen and oxygen atoms in total. The van der Waals surface area contributed by atoms with Crippen LogP contribution in [0, 0.1) is 11.8 Å². The van der Waals surface area contributed by atoms with Gasteiger partial charge in [-0.15, -0.1) is 0 Å². The number of carbonyl (C=O) groups is 1. The van der Waals surface area contributed by atoms with Crippen molar-refractivity contribution in [2.24, 2.45) is 11.8 Å². The molecular weight excluding hydrogens is 216 g/mol. The summed E-state index contributed by atoms with van der Waals surface area (Å²) in [5, 5.41) is 6.31. The fraction of sp³-hybridized carbons (Fsp3) is 0.667. The number of aromatic nitrogens is 2. The molecule has 0 aliphatic carbocycles. The predicted octanol–water partition coefficient (Wildman–Crippen LogP) is 0.243. The van der Waals surface area contributed by atoms with Crippen LogP contribution in [0.3, 0.4) is 0 Å². The quantitative estimate of drug-likeness (QED) is 0.787. The summed E-state index contributed by atoms with van der Waals surface area (Å²) in [5.74, 6) is 0.700. The normalized spacial score (nSPS) is 25.8. The van der Waals surface area contributed by atoms with E-state index >= 15 is 0 Å². The molecule has 1 aromatic rings. The van der Waals surface area contributed by atoms with Gasteiger partial charge in [0.1, 0.15) is 0 Å². The minimum atomic E-state index is 0.111. The zero-order valence-electron chi connectivity index (χ0n) is 10.4. The van der Waals surface area contributed by atoms with Crippen LogP contribution in [0.5, 0.6) is 0 Å². The zero-order valence-corrected chi connectivity index (χ0v) is 10.4. The summed E-state index contributed by atoms with van der Waals surface area (Å²) in [6.45, 7) is 6.63. The van der Waals surface area contributed by atoms with E-state index in [1.165, 1.54) is 0 Å². The first-order chi connectivity index (χ1) is 8.16. The molecule has 2 heterocycles. The van der Waals surface area contributed by atoms with Crippen molar-refractivity contribution in [1.82, 2.24) is 20.2 Å². The van der Waals surface area contributed by atoms with Gasteiger partial charge in [-0.1, -0.05) is 6.92 Å². The van der Waals surface area contributed by atoms with Gasteiger partial charge in [-0.3, -0.25) is 4.79 Å². The zero-order chi connectivity index (χ0) is 12.3. The average molecular weight is 236 g/mol. The Morgan fingerprint density at radius 2 is 2.47 bits per heavy atom. The lowest BCUT2D eigenvalue weighted by molar-refractivity contribution is -0.126. The van der Waals surface area contributed by atoms with Gasteiger partial charge < -0.3 is 15.2 Å². The number of nitrogens with one attached hydrogen (secondary N) is 2. The van der Waals surface area contributed by atoms with Gasteiger partial charge in [0.2, 0.25) is 5.91 Å². The fourth-order valence-electron chi connectivity index (χ4n) is 2.27. The number of hydrogen-bond donors (Lipinski definition) is 2. The monoisotopic (exact) mass is 236 g/mol. The lowest BCUT2D eigenvalue weighted by Gasteiger charge is -2.19. The molecule has 1 amide bonds. The molecule has 1 unspecified atom stereocenters. The van der Waals surface area contributed by atoms with Crippen LogP contribution in [0.1, 0.15) is 13.8 Å². The van der Waals surface area contributed by atoms with Gasteiger partial charge >= 0.3 is 0 Å². The Morgan fingerprint density at radius 1 is 1.65 bits per heavy atom. The van der Waals surface area contributed by atoms with Crippen molar-refractivity contribution < 1.29 is 4.79 Å². The van der Waals surface area contributed by atoms with E-state index in [4.69, 9.17) is 0 Å². The van der Waals surface area contributed by atoms with Gasteiger partial charge in [-0.05, 0) is 19.4 Å². The van der Waals surface area contributed by atoms with Crippen molar-refractivity contribution in [1.29, 1.82) is 0 Å². The molecule has 1 aliphatic heterocycles. The molecule has 17 heavy (non-hydrogen) atoms. The average Bonchev–Trinajstić information content (AvgIpc) is 2.88. The number of nitrogens with zero attached hydrogens (tertiary/aromatic N) is 2. The number of rotatable bonds is 4. The lowest BCUT2D eigenvalue weighted by atomic mass is 9.97. The Labute approximate surface area is 102 Å². The third-order valence-electron chi connectivity index (χ3n) is 3.29. The largest absolute Gasteiger partial charge is 0.352 e. The minimum absolute atomic E-state index is 0.111. The Balaban J connectivity index is 1.82. The summed E-state index contributed by atoms with van der Waals surface area (Å²) in [5.41, 5.74) is 0. The Morgan fingerprint density at radius 3 is 3.06 bits per heavy atom. The molecule has 94 valence electrons. The van der Waals surface area contributed by atoms with Crippen molar-refractivity contribution in [2.75, 3.05) is 13.1 Å². The highest BCUT2D eigenvalue weighted by atomic mass is 16.2. The maximum absolute atomic E-state index is 12.0. The highest BCUT2D eigenvalue weighted by Gasteiger charge is 2.29. The molecule has 1 aromatic heterocycles. The van der Waals surface area contributed by atoms with Gasteiger partial charge in [0.25, 0.3) is 0 Å². The van der Waals surface area contributed by atoms with Crippen LogP contribution in [0.2, 0.25) is 0 Å². The van der Waals surface area contributed by atoms with Gasteiger partial charge in [0.15, 0.2) is 0 Å². The molecule has 1 saturated heterocycles. The topological polar surface area (TPSA) is 59.0 Å². The van der Waals surface area contributed by atoms with E-state index in [2.05, 4.69) is 22.5 Å². The Kier molecular flexibility index (Phi) is 3.78. The number of imidazole rings is 1. The smallest absolute Gasteiger partial charge is 0.224 e. The van der Waals surface area contributed by atoms with Crippen LogP contribution >= 0.6 is 0 Å². The molecule has 1 aliphatic rings. The maximum Gasteiger partial charge on any atom is 0.224 e. The van der Waals surface area contributed by atoms with Crippen LogP contribution in [-0.2, 0) is 11.3 Å². The highest BCUT2D eigenvalue weighted by Crippen LogP contribution is 2.15. The predicted molar refractivity (Wildman–Crippen MR) is 65.4 cm³/mol. The van der Waals surface area contributed by atoms with Crippen molar-refractivity contribution in [2.45, 2.75) is 26.4 Å². The van der Waals surface area contributed by atoms with Crippen molar-refractivity contribution in [3.8, 4) is 0 Å². The number of carbonyl (C=O) groups excluding carboxylic acids is 1. The number of amides is 1. The van der Waals surface area contributed by atoms with Gasteiger partial charge in [0, 0.05) is 31.5 Å². The first-order valence-electron chi connectivity index (χ1n) is 6.13.